The van der Waals surface area contributed by atoms with Crippen molar-refractivity contribution >= 4 is 23.2 Å². The number of benzene rings is 1. The van der Waals surface area contributed by atoms with E-state index in [2.05, 4.69) is 15.3 Å². The van der Waals surface area contributed by atoms with Crippen LogP contribution in [0.3, 0.4) is 0 Å². The Labute approximate surface area is 208 Å². The summed E-state index contributed by atoms with van der Waals surface area (Å²) in [6, 6.07) is 11.1. The van der Waals surface area contributed by atoms with Crippen LogP contribution < -0.4 is 19.6 Å². The fourth-order valence-electron chi connectivity index (χ4n) is 3.26. The second-order valence-corrected chi connectivity index (χ2v) is 8.72. The van der Waals surface area contributed by atoms with Crippen LogP contribution in [0.1, 0.15) is 30.8 Å². The van der Waals surface area contributed by atoms with Gasteiger partial charge in [-0.15, -0.1) is 11.3 Å². The normalized spacial score (nSPS) is 11.5. The molecule has 0 aliphatic heterocycles. The summed E-state index contributed by atoms with van der Waals surface area (Å²) in [5, 5.41) is 4.79. The van der Waals surface area contributed by atoms with Crippen molar-refractivity contribution in [1.29, 1.82) is 0 Å². The molecule has 10 heteroatoms. The second kappa shape index (κ2) is 12.8. The molecule has 9 nitrogen and oxygen atoms in total. The first-order chi connectivity index (χ1) is 16.9. The molecule has 35 heavy (non-hydrogen) atoms. The summed E-state index contributed by atoms with van der Waals surface area (Å²) < 4.78 is 17.7. The lowest BCUT2D eigenvalue weighted by molar-refractivity contribution is -0.124. The number of rotatable bonds is 11. The Kier molecular flexibility index (Phi) is 9.56. The van der Waals surface area contributed by atoms with E-state index < -0.39 is 5.91 Å². The highest BCUT2D eigenvalue weighted by Crippen LogP contribution is 2.24. The average molecular weight is 499 g/mol. The third kappa shape index (κ3) is 7.49. The molecule has 186 valence electrons. The van der Waals surface area contributed by atoms with E-state index >= 15 is 0 Å². The summed E-state index contributed by atoms with van der Waals surface area (Å²) in [6.07, 6.45) is 2.22. The van der Waals surface area contributed by atoms with E-state index in [0.29, 0.717) is 30.1 Å². The molecule has 3 rings (SSSR count). The van der Waals surface area contributed by atoms with Gasteiger partial charge < -0.3 is 24.1 Å². The number of ether oxygens (including phenoxy) is 3. The zero-order valence-corrected chi connectivity index (χ0v) is 21.1. The highest BCUT2D eigenvalue weighted by Gasteiger charge is 2.12. The van der Waals surface area contributed by atoms with E-state index in [1.54, 1.807) is 12.1 Å². The molecule has 0 saturated heterocycles. The Balaban J connectivity index is 1.87. The van der Waals surface area contributed by atoms with Gasteiger partial charge in [0.1, 0.15) is 23.8 Å². The Morgan fingerprint density at radius 3 is 2.49 bits per heavy atom. The number of hydrogen-bond acceptors (Lipinski definition) is 7. The van der Waals surface area contributed by atoms with Gasteiger partial charge in [-0.05, 0) is 62.2 Å². The second-order valence-electron chi connectivity index (χ2n) is 7.88. The number of nitrogens with one attached hydrogen (secondary N) is 1. The molecule has 0 fully saturated rings. The van der Waals surface area contributed by atoms with Crippen LogP contribution in [-0.2, 0) is 16.1 Å². The molecule has 0 saturated carbocycles. The minimum Gasteiger partial charge on any atom is -0.495 e. The first kappa shape index (κ1) is 26.1. The molecule has 2 amide bonds. The summed E-state index contributed by atoms with van der Waals surface area (Å²) in [7, 11) is 3.02. The first-order valence-corrected chi connectivity index (χ1v) is 12.1. The zero-order chi connectivity index (χ0) is 25.2. The van der Waals surface area contributed by atoms with Crippen molar-refractivity contribution in [3.05, 3.63) is 58.5 Å². The molecule has 0 aliphatic rings. The lowest BCUT2D eigenvalue weighted by Gasteiger charge is -2.12. The van der Waals surface area contributed by atoms with Gasteiger partial charge in [0.2, 0.25) is 5.91 Å². The van der Waals surface area contributed by atoms with Crippen molar-refractivity contribution in [2.75, 3.05) is 27.4 Å². The van der Waals surface area contributed by atoms with Gasteiger partial charge in [-0.1, -0.05) is 0 Å². The smallest absolute Gasteiger partial charge is 0.298 e. The van der Waals surface area contributed by atoms with E-state index in [1.165, 1.54) is 31.8 Å². The maximum atomic E-state index is 12.8. The van der Waals surface area contributed by atoms with Crippen LogP contribution in [0.2, 0.25) is 0 Å². The average Bonchev–Trinajstić information content (AvgIpc) is 3.24. The van der Waals surface area contributed by atoms with E-state index in [4.69, 9.17) is 14.2 Å². The Bertz CT molecular complexity index is 1180. The maximum absolute atomic E-state index is 12.8. The Morgan fingerprint density at radius 2 is 1.86 bits per heavy atom. The molecule has 0 atom stereocenters. The number of methoxy groups -OCH3 is 2. The summed E-state index contributed by atoms with van der Waals surface area (Å²) in [6.45, 7) is 5.01. The van der Waals surface area contributed by atoms with Gasteiger partial charge in [-0.25, -0.2) is 4.98 Å². The van der Waals surface area contributed by atoms with Crippen molar-refractivity contribution in [2.45, 2.75) is 32.9 Å². The fourth-order valence-corrected chi connectivity index (χ4v) is 4.19. The van der Waals surface area contributed by atoms with Crippen LogP contribution in [0.25, 0.3) is 11.3 Å². The predicted molar refractivity (Wildman–Crippen MR) is 134 cm³/mol. The molecular formula is C25H30N4O5S. The molecule has 0 unspecified atom stereocenters. The van der Waals surface area contributed by atoms with Gasteiger partial charge >= 0.3 is 0 Å². The number of nitrogens with zero attached hydrogens (tertiary/aromatic N) is 3. The summed E-state index contributed by atoms with van der Waals surface area (Å²) >= 11 is 1.37. The van der Waals surface area contributed by atoms with Crippen molar-refractivity contribution in [2.24, 2.45) is 4.99 Å². The Morgan fingerprint density at radius 1 is 1.11 bits per heavy atom. The number of carbonyl (C=O) groups excluding carboxylic acids is 2. The number of thiazole rings is 1. The molecule has 3 aromatic rings. The van der Waals surface area contributed by atoms with Crippen LogP contribution in [0.15, 0.2) is 53.0 Å². The third-order valence-electron chi connectivity index (χ3n) is 4.86. The quantitative estimate of drug-likeness (QED) is 0.407. The number of amides is 2. The number of hydrogen-bond donors (Lipinski definition) is 1. The zero-order valence-electron chi connectivity index (χ0n) is 20.3. The van der Waals surface area contributed by atoms with Crippen LogP contribution in [0.4, 0.5) is 0 Å². The largest absolute Gasteiger partial charge is 0.495 e. The molecule has 1 aromatic carbocycles. The van der Waals surface area contributed by atoms with Crippen LogP contribution in [0, 0.1) is 0 Å². The monoisotopic (exact) mass is 498 g/mol. The summed E-state index contributed by atoms with van der Waals surface area (Å²) in [4.78, 5) is 33.5. The number of aromatic nitrogens is 2. The molecule has 0 spiro atoms. The van der Waals surface area contributed by atoms with Crippen LogP contribution >= 0.6 is 11.3 Å². The van der Waals surface area contributed by atoms with Crippen LogP contribution in [0.5, 0.6) is 11.5 Å². The van der Waals surface area contributed by atoms with Crippen molar-refractivity contribution in [3.8, 4) is 22.8 Å². The van der Waals surface area contributed by atoms with E-state index in [1.807, 2.05) is 48.1 Å². The van der Waals surface area contributed by atoms with E-state index in [0.717, 1.165) is 17.0 Å². The lowest BCUT2D eigenvalue weighted by atomic mass is 10.1. The number of pyridine rings is 1. The van der Waals surface area contributed by atoms with Gasteiger partial charge in [0.15, 0.2) is 4.80 Å². The molecule has 0 bridgehead atoms. The molecule has 0 radical (unpaired) electrons. The van der Waals surface area contributed by atoms with E-state index in [-0.39, 0.29) is 24.3 Å². The highest BCUT2D eigenvalue weighted by atomic mass is 32.1. The van der Waals surface area contributed by atoms with Crippen molar-refractivity contribution in [3.63, 3.8) is 0 Å². The van der Waals surface area contributed by atoms with Gasteiger partial charge in [-0.2, -0.15) is 4.99 Å². The predicted octanol–water partition coefficient (Wildman–Crippen LogP) is 3.30. The summed E-state index contributed by atoms with van der Waals surface area (Å²) in [5.74, 6) is 0.742. The number of carbonyl (C=O) groups is 2. The van der Waals surface area contributed by atoms with Crippen LogP contribution in [-0.4, -0.2) is 54.8 Å². The standard InChI is InChI=1S/C25H30N4O5S/c1-17(2)34-19-8-6-18(7-9-19)22-16-35-25(29(22)13-5-12-26-23(30)15-32-3)28-24(31)21-11-10-20(33-4)14-27-21/h6-11,14,16-17H,5,12-13,15H2,1-4H3,(H,26,30). The fraction of sp³-hybridized carbons (Fsp3) is 0.360. The van der Waals surface area contributed by atoms with Gasteiger partial charge in [0.05, 0.1) is 25.1 Å². The van der Waals surface area contributed by atoms with Gasteiger partial charge in [0, 0.05) is 25.6 Å². The Hall–Kier alpha value is -3.50. The molecule has 0 aliphatic carbocycles. The minimum absolute atomic E-state index is 0.0194. The SMILES string of the molecule is COCC(=O)NCCCn1c(-c2ccc(OC(C)C)cc2)csc1=NC(=O)c1ccc(OC)cn1. The molecule has 1 N–H and O–H groups in total. The van der Waals surface area contributed by atoms with Gasteiger partial charge in [-0.3, -0.25) is 9.59 Å². The van der Waals surface area contributed by atoms with Gasteiger partial charge in [0.25, 0.3) is 5.91 Å². The van der Waals surface area contributed by atoms with Crippen molar-refractivity contribution in [1.82, 2.24) is 14.9 Å². The maximum Gasteiger partial charge on any atom is 0.298 e. The lowest BCUT2D eigenvalue weighted by Crippen LogP contribution is -2.29. The van der Waals surface area contributed by atoms with E-state index in [9.17, 15) is 9.59 Å². The first-order valence-electron chi connectivity index (χ1n) is 11.2. The minimum atomic E-state index is -0.441. The summed E-state index contributed by atoms with van der Waals surface area (Å²) in [5.41, 5.74) is 2.12. The van der Waals surface area contributed by atoms with Crippen molar-refractivity contribution < 1.29 is 23.8 Å². The molecule has 2 aromatic heterocycles. The third-order valence-corrected chi connectivity index (χ3v) is 5.73. The highest BCUT2D eigenvalue weighted by molar-refractivity contribution is 7.07. The molecule has 2 heterocycles. The molecular weight excluding hydrogens is 468 g/mol. The topological polar surface area (TPSA) is 104 Å².